The van der Waals surface area contributed by atoms with Crippen molar-refractivity contribution in [1.29, 1.82) is 0 Å². The summed E-state index contributed by atoms with van der Waals surface area (Å²) >= 11 is 0. The first-order valence-electron chi connectivity index (χ1n) is 8.66. The Hall–Kier alpha value is -3.06. The molecule has 0 aromatic heterocycles. The maximum Gasteiger partial charge on any atom is 0.251 e. The number of amides is 2. The maximum atomic E-state index is 12.4. The predicted molar refractivity (Wildman–Crippen MR) is 103 cm³/mol. The minimum atomic E-state index is -0.240. The monoisotopic (exact) mass is 371 g/mol. The number of hydrogen-bond donors (Lipinski definition) is 3. The third-order valence-corrected chi connectivity index (χ3v) is 3.95. The largest absolute Gasteiger partial charge is 0.497 e. The van der Waals surface area contributed by atoms with E-state index >= 15 is 0 Å². The van der Waals surface area contributed by atoms with E-state index in [0.29, 0.717) is 42.3 Å². The van der Waals surface area contributed by atoms with Crippen LogP contribution in [0.15, 0.2) is 42.5 Å². The standard InChI is InChI=1S/C20H25N3O4/c1-26-17-10-16(11-18(12-17)27-2)20(25)23-13-14-4-6-15(7-5-14)19(24)22-9-3-8-21/h4-7,10-12H,3,8-9,13,21H2,1-2H3,(H,22,24)(H,23,25). The fourth-order valence-corrected chi connectivity index (χ4v) is 2.40. The average molecular weight is 371 g/mol. The van der Waals surface area contributed by atoms with Crippen LogP contribution in [0.25, 0.3) is 0 Å². The Morgan fingerprint density at radius 3 is 2.04 bits per heavy atom. The lowest BCUT2D eigenvalue weighted by Crippen LogP contribution is -2.26. The number of methoxy groups -OCH3 is 2. The van der Waals surface area contributed by atoms with E-state index in [2.05, 4.69) is 10.6 Å². The van der Waals surface area contributed by atoms with Crippen molar-refractivity contribution in [2.75, 3.05) is 27.3 Å². The van der Waals surface area contributed by atoms with Gasteiger partial charge in [0, 0.05) is 30.3 Å². The predicted octanol–water partition coefficient (Wildman–Crippen LogP) is 1.71. The van der Waals surface area contributed by atoms with Crippen LogP contribution in [0.1, 0.15) is 32.7 Å². The molecule has 4 N–H and O–H groups in total. The van der Waals surface area contributed by atoms with Crippen LogP contribution in [0.4, 0.5) is 0 Å². The molecule has 2 aromatic rings. The highest BCUT2D eigenvalue weighted by atomic mass is 16.5. The summed E-state index contributed by atoms with van der Waals surface area (Å²) < 4.78 is 10.4. The normalized spacial score (nSPS) is 10.2. The molecule has 7 heteroatoms. The van der Waals surface area contributed by atoms with Gasteiger partial charge in [-0.1, -0.05) is 12.1 Å². The number of nitrogens with one attached hydrogen (secondary N) is 2. The lowest BCUT2D eigenvalue weighted by atomic mass is 10.1. The minimum absolute atomic E-state index is 0.137. The Morgan fingerprint density at radius 1 is 0.889 bits per heavy atom. The summed E-state index contributed by atoms with van der Waals surface area (Å²) in [6.07, 6.45) is 0.741. The van der Waals surface area contributed by atoms with Crippen molar-refractivity contribution in [2.45, 2.75) is 13.0 Å². The Bertz CT molecular complexity index is 753. The molecule has 0 saturated heterocycles. The summed E-state index contributed by atoms with van der Waals surface area (Å²) in [6.45, 7) is 1.43. The zero-order valence-electron chi connectivity index (χ0n) is 15.6. The zero-order chi connectivity index (χ0) is 19.6. The number of carbonyl (C=O) groups is 2. The summed E-state index contributed by atoms with van der Waals surface area (Å²) in [4.78, 5) is 24.3. The van der Waals surface area contributed by atoms with E-state index in [-0.39, 0.29) is 11.8 Å². The van der Waals surface area contributed by atoms with Gasteiger partial charge in [-0.3, -0.25) is 9.59 Å². The van der Waals surface area contributed by atoms with Gasteiger partial charge in [-0.15, -0.1) is 0 Å². The lowest BCUT2D eigenvalue weighted by molar-refractivity contribution is 0.0942. The average Bonchev–Trinajstić information content (AvgIpc) is 2.71. The van der Waals surface area contributed by atoms with Crippen LogP contribution in [-0.4, -0.2) is 39.1 Å². The topological polar surface area (TPSA) is 103 Å². The van der Waals surface area contributed by atoms with Crippen molar-refractivity contribution in [1.82, 2.24) is 10.6 Å². The van der Waals surface area contributed by atoms with Crippen molar-refractivity contribution >= 4 is 11.8 Å². The molecule has 0 bridgehead atoms. The van der Waals surface area contributed by atoms with Gasteiger partial charge in [-0.2, -0.15) is 0 Å². The number of benzene rings is 2. The number of hydrogen-bond acceptors (Lipinski definition) is 5. The Balaban J connectivity index is 1.94. The van der Waals surface area contributed by atoms with Crippen molar-refractivity contribution in [3.63, 3.8) is 0 Å². The quantitative estimate of drug-likeness (QED) is 0.583. The molecule has 2 amide bonds. The van der Waals surface area contributed by atoms with Gasteiger partial charge in [-0.25, -0.2) is 0 Å². The molecule has 0 atom stereocenters. The smallest absolute Gasteiger partial charge is 0.251 e. The molecule has 2 rings (SSSR count). The van der Waals surface area contributed by atoms with Crippen LogP contribution >= 0.6 is 0 Å². The number of nitrogens with two attached hydrogens (primary N) is 1. The Labute approximate surface area is 158 Å². The van der Waals surface area contributed by atoms with Gasteiger partial charge in [0.15, 0.2) is 0 Å². The van der Waals surface area contributed by atoms with E-state index < -0.39 is 0 Å². The molecule has 0 unspecified atom stereocenters. The van der Waals surface area contributed by atoms with Gasteiger partial charge >= 0.3 is 0 Å². The maximum absolute atomic E-state index is 12.4. The number of rotatable bonds is 9. The van der Waals surface area contributed by atoms with Crippen LogP contribution in [0.3, 0.4) is 0 Å². The first-order chi connectivity index (χ1) is 13.1. The van der Waals surface area contributed by atoms with Gasteiger partial charge in [0.25, 0.3) is 11.8 Å². The van der Waals surface area contributed by atoms with Crippen LogP contribution in [0, 0.1) is 0 Å². The Morgan fingerprint density at radius 2 is 1.48 bits per heavy atom. The first kappa shape index (κ1) is 20.3. The third kappa shape index (κ3) is 6.00. The summed E-state index contributed by atoms with van der Waals surface area (Å²) in [5, 5.41) is 5.64. The molecule has 7 nitrogen and oxygen atoms in total. The second-order valence-electron chi connectivity index (χ2n) is 5.88. The molecule has 144 valence electrons. The molecule has 0 aliphatic heterocycles. The van der Waals surface area contributed by atoms with E-state index in [0.717, 1.165) is 12.0 Å². The van der Waals surface area contributed by atoms with Crippen LogP contribution in [-0.2, 0) is 6.54 Å². The molecule has 0 aliphatic carbocycles. The van der Waals surface area contributed by atoms with E-state index in [1.165, 1.54) is 14.2 Å². The van der Waals surface area contributed by atoms with Crippen molar-refractivity contribution in [2.24, 2.45) is 5.73 Å². The second-order valence-corrected chi connectivity index (χ2v) is 5.88. The molecule has 0 aliphatic rings. The van der Waals surface area contributed by atoms with Crippen molar-refractivity contribution < 1.29 is 19.1 Å². The van der Waals surface area contributed by atoms with E-state index in [4.69, 9.17) is 15.2 Å². The third-order valence-electron chi connectivity index (χ3n) is 3.95. The molecule has 0 heterocycles. The number of carbonyl (C=O) groups excluding carboxylic acids is 2. The minimum Gasteiger partial charge on any atom is -0.497 e. The summed E-state index contributed by atoms with van der Waals surface area (Å²) in [7, 11) is 3.06. The Kier molecular flexibility index (Phi) is 7.63. The van der Waals surface area contributed by atoms with E-state index in [1.54, 1.807) is 30.3 Å². The molecule has 0 fully saturated rings. The summed E-state index contributed by atoms with van der Waals surface area (Å²) in [5.74, 6) is 0.715. The molecule has 0 spiro atoms. The zero-order valence-corrected chi connectivity index (χ0v) is 15.6. The first-order valence-corrected chi connectivity index (χ1v) is 8.66. The van der Waals surface area contributed by atoms with Gasteiger partial charge in [0.2, 0.25) is 0 Å². The van der Waals surface area contributed by atoms with Gasteiger partial charge in [0.1, 0.15) is 11.5 Å². The summed E-state index contributed by atoms with van der Waals surface area (Å²) in [5.41, 5.74) is 7.31. The molecular formula is C20H25N3O4. The van der Waals surface area contributed by atoms with Crippen LogP contribution in [0.2, 0.25) is 0 Å². The van der Waals surface area contributed by atoms with E-state index in [9.17, 15) is 9.59 Å². The second kappa shape index (κ2) is 10.2. The van der Waals surface area contributed by atoms with Crippen LogP contribution in [0.5, 0.6) is 11.5 Å². The van der Waals surface area contributed by atoms with Gasteiger partial charge in [0.05, 0.1) is 14.2 Å². The summed E-state index contributed by atoms with van der Waals surface area (Å²) in [6, 6.07) is 12.1. The fraction of sp³-hybridized carbons (Fsp3) is 0.300. The molecule has 0 saturated carbocycles. The number of ether oxygens (including phenoxy) is 2. The van der Waals surface area contributed by atoms with E-state index in [1.807, 2.05) is 12.1 Å². The SMILES string of the molecule is COc1cc(OC)cc(C(=O)NCc2ccc(C(=O)NCCCN)cc2)c1. The van der Waals surface area contributed by atoms with Crippen molar-refractivity contribution in [3.05, 3.63) is 59.2 Å². The van der Waals surface area contributed by atoms with Gasteiger partial charge < -0.3 is 25.8 Å². The lowest BCUT2D eigenvalue weighted by Gasteiger charge is -2.10. The molecular weight excluding hydrogens is 346 g/mol. The van der Waals surface area contributed by atoms with Gasteiger partial charge in [-0.05, 0) is 42.8 Å². The molecule has 27 heavy (non-hydrogen) atoms. The highest BCUT2D eigenvalue weighted by Crippen LogP contribution is 2.22. The van der Waals surface area contributed by atoms with Crippen LogP contribution < -0.4 is 25.8 Å². The highest BCUT2D eigenvalue weighted by Gasteiger charge is 2.10. The fourth-order valence-electron chi connectivity index (χ4n) is 2.40. The molecule has 2 aromatic carbocycles. The highest BCUT2D eigenvalue weighted by molar-refractivity contribution is 5.95. The molecule has 0 radical (unpaired) electrons. The van der Waals surface area contributed by atoms with Crippen molar-refractivity contribution in [3.8, 4) is 11.5 Å².